The Hall–Kier alpha value is -15.0. The van der Waals surface area contributed by atoms with Crippen molar-refractivity contribution in [2.75, 3.05) is 0 Å². The summed E-state index contributed by atoms with van der Waals surface area (Å²) in [5, 5.41) is 15.1. The molecule has 0 bridgehead atoms. The largest absolute Gasteiger partial charge is 0.208 e. The van der Waals surface area contributed by atoms with E-state index in [1.54, 1.807) is 22.7 Å². The zero-order valence-corrected chi connectivity index (χ0v) is 61.2. The number of benzene rings is 14. The van der Waals surface area contributed by atoms with E-state index in [4.69, 9.17) is 59.8 Å². The molecule has 0 spiro atoms. The third kappa shape index (κ3) is 12.8. The lowest BCUT2D eigenvalue weighted by molar-refractivity contribution is 1.07. The van der Waals surface area contributed by atoms with Crippen molar-refractivity contribution in [3.8, 4) is 176 Å². The van der Waals surface area contributed by atoms with Gasteiger partial charge in [0.25, 0.3) is 0 Å². The van der Waals surface area contributed by atoms with Crippen molar-refractivity contribution in [3.63, 3.8) is 0 Å². The Morgan fingerprint density at radius 2 is 0.429 bits per heavy atom. The molecule has 15 heteroatoms. The highest BCUT2D eigenvalue weighted by Crippen LogP contribution is 2.45. The Labute approximate surface area is 651 Å². The van der Waals surface area contributed by atoms with E-state index >= 15 is 0 Å². The van der Waals surface area contributed by atoms with E-state index in [2.05, 4.69) is 146 Å². The number of thiophene rings is 2. The van der Waals surface area contributed by atoms with Crippen LogP contribution < -0.4 is 0 Å². The number of aromatic nitrogens is 12. The van der Waals surface area contributed by atoms with Crippen molar-refractivity contribution >= 4 is 63.0 Å². The molecule has 0 unspecified atom stereocenters. The molecule has 0 saturated carbocycles. The fourth-order valence-electron chi connectivity index (χ4n) is 14.3. The highest BCUT2D eigenvalue weighted by Gasteiger charge is 2.23. The molecule has 0 amide bonds. The fourth-order valence-corrected chi connectivity index (χ4v) is 16.7. The van der Waals surface area contributed by atoms with E-state index in [0.29, 0.717) is 75.5 Å². The molecule has 20 rings (SSSR count). The van der Waals surface area contributed by atoms with Crippen LogP contribution in [0.1, 0.15) is 5.56 Å². The fraction of sp³-hybridized carbons (Fsp3) is 0. The Bertz CT molecular complexity index is 6970. The maximum atomic E-state index is 10.8. The van der Waals surface area contributed by atoms with E-state index in [9.17, 15) is 5.26 Å². The van der Waals surface area contributed by atoms with Crippen LogP contribution in [0.25, 0.3) is 210 Å². The lowest BCUT2D eigenvalue weighted by atomic mass is 9.94. The first kappa shape index (κ1) is 66.5. The minimum absolute atomic E-state index is 0.522. The van der Waals surface area contributed by atoms with Crippen LogP contribution >= 0.6 is 22.7 Å². The van der Waals surface area contributed by atoms with Crippen LogP contribution in [0.15, 0.2) is 346 Å². The summed E-state index contributed by atoms with van der Waals surface area (Å²) in [6, 6.07) is 119. The van der Waals surface area contributed by atoms with Gasteiger partial charge in [-0.3, -0.25) is 0 Å². The SMILES string of the molecule is N#Cc1cc(-c2ccc(-c3nc(-c4ccccc4)nc(-c4ccc5sc6c(-c7nc(-c8ccccc8)nc(-c8ccc(-c9ccccc9)cc8)n7)cccc6c5c4)n3)cc2)ccc1-c1ccc(-c2nc(-c3ccccc3)nc(-c3cccc4c3sc3ccc(-c5nc(-c6ccccc6)nc(-c6ccccc6)n5)cc34)n2)cc1. The van der Waals surface area contributed by atoms with Gasteiger partial charge in [0.1, 0.15) is 0 Å². The lowest BCUT2D eigenvalue weighted by Gasteiger charge is -2.11. The van der Waals surface area contributed by atoms with Crippen LogP contribution in [0.2, 0.25) is 0 Å². The average Bonchev–Trinajstić information content (AvgIpc) is 1.59. The highest BCUT2D eigenvalue weighted by atomic mass is 32.1. The molecule has 0 saturated heterocycles. The minimum Gasteiger partial charge on any atom is -0.208 e. The van der Waals surface area contributed by atoms with Crippen LogP contribution in [0.5, 0.6) is 0 Å². The molecule has 112 heavy (non-hydrogen) atoms. The van der Waals surface area contributed by atoms with Crippen LogP contribution in [-0.4, -0.2) is 59.8 Å². The quantitative estimate of drug-likeness (QED) is 0.0947. The molecule has 6 aromatic heterocycles. The third-order valence-corrected chi connectivity index (χ3v) is 22.5. The van der Waals surface area contributed by atoms with E-state index in [1.165, 1.54) is 0 Å². The third-order valence-electron chi connectivity index (χ3n) is 20.0. The maximum absolute atomic E-state index is 10.8. The number of fused-ring (bicyclic) bond motifs is 6. The van der Waals surface area contributed by atoms with E-state index in [0.717, 1.165) is 140 Å². The standard InChI is InChI=1S/C97H57N13S2/c98-58-74-55-71(49-52-75(74)62-41-47-70(48-42-62)93-102-90(67-31-17-6-18-32-67)108-97(110-93)79-36-20-33-76-80-56-72(50-53-82(80)111-85(76)79)94-103-86(63-23-9-2-10-24-63)99-87(104-94)64-25-11-3-12-26-64)61-39-45-68(46-40-61)91-100-88(65-27-13-4-14-28-65)105-95(106-91)73-51-54-83-81(57-73)77-34-19-35-78(84(77)112-83)96-107-89(66-29-15-5-16-30-66)101-92(109-96)69-43-37-60(38-44-69)59-21-7-1-8-22-59/h1-57H. The van der Waals surface area contributed by atoms with Gasteiger partial charge >= 0.3 is 0 Å². The van der Waals surface area contributed by atoms with E-state index in [1.807, 2.05) is 206 Å². The van der Waals surface area contributed by atoms with Crippen molar-refractivity contribution < 1.29 is 0 Å². The summed E-state index contributed by atoms with van der Waals surface area (Å²) in [6.45, 7) is 0. The summed E-state index contributed by atoms with van der Waals surface area (Å²) < 4.78 is 4.32. The first-order valence-corrected chi connectivity index (χ1v) is 38.2. The van der Waals surface area contributed by atoms with Crippen molar-refractivity contribution in [2.24, 2.45) is 0 Å². The van der Waals surface area contributed by atoms with Crippen LogP contribution in [0.3, 0.4) is 0 Å². The molecule has 0 radical (unpaired) electrons. The van der Waals surface area contributed by atoms with Crippen LogP contribution in [0.4, 0.5) is 0 Å². The summed E-state index contributed by atoms with van der Waals surface area (Å²) >= 11 is 3.41. The molecule has 0 aliphatic heterocycles. The maximum Gasteiger partial charge on any atom is 0.165 e. The highest BCUT2D eigenvalue weighted by molar-refractivity contribution is 7.26. The van der Waals surface area contributed by atoms with Gasteiger partial charge in [0.05, 0.1) is 11.6 Å². The zero-order chi connectivity index (χ0) is 74.4. The summed E-state index contributed by atoms with van der Waals surface area (Å²) in [5.74, 6) is 6.85. The minimum atomic E-state index is 0.522. The molecular weight excluding hydrogens is 1410 g/mol. The zero-order valence-electron chi connectivity index (χ0n) is 59.5. The molecule has 14 aromatic carbocycles. The van der Waals surface area contributed by atoms with Gasteiger partial charge in [0.2, 0.25) is 0 Å². The molecule has 522 valence electrons. The van der Waals surface area contributed by atoms with Crippen molar-refractivity contribution in [3.05, 3.63) is 351 Å². The van der Waals surface area contributed by atoms with Crippen LogP contribution in [0, 0.1) is 11.3 Å². The topological polar surface area (TPSA) is 178 Å². The first-order valence-electron chi connectivity index (χ1n) is 36.5. The summed E-state index contributed by atoms with van der Waals surface area (Å²) in [5.41, 5.74) is 16.8. The second-order valence-corrected chi connectivity index (χ2v) is 29.1. The molecular formula is C97H57N13S2. The second kappa shape index (κ2) is 28.6. The molecule has 0 N–H and O–H groups in total. The number of nitrogens with zero attached hydrogens (tertiary/aromatic N) is 13. The average molecular weight is 1470 g/mol. The Morgan fingerprint density at radius 1 is 0.179 bits per heavy atom. The van der Waals surface area contributed by atoms with Gasteiger partial charge in [-0.1, -0.05) is 291 Å². The van der Waals surface area contributed by atoms with Crippen LogP contribution in [-0.2, 0) is 0 Å². The van der Waals surface area contributed by atoms with Crippen molar-refractivity contribution in [2.45, 2.75) is 0 Å². The number of nitriles is 1. The predicted octanol–water partition coefficient (Wildman–Crippen LogP) is 24.0. The van der Waals surface area contributed by atoms with Gasteiger partial charge in [-0.2, -0.15) is 5.26 Å². The Morgan fingerprint density at radius 3 is 0.759 bits per heavy atom. The lowest BCUT2D eigenvalue weighted by Crippen LogP contribution is -2.00. The summed E-state index contributed by atoms with van der Waals surface area (Å²) in [6.07, 6.45) is 0. The summed E-state index contributed by atoms with van der Waals surface area (Å²) in [4.78, 5) is 61.5. The molecule has 6 heterocycles. The molecule has 0 aliphatic rings. The normalized spacial score (nSPS) is 11.4. The van der Waals surface area contributed by atoms with Gasteiger partial charge in [0.15, 0.2) is 69.9 Å². The van der Waals surface area contributed by atoms with Gasteiger partial charge in [-0.15, -0.1) is 22.7 Å². The number of hydrogen-bond donors (Lipinski definition) is 0. The van der Waals surface area contributed by atoms with E-state index < -0.39 is 0 Å². The molecule has 0 atom stereocenters. The second-order valence-electron chi connectivity index (χ2n) is 27.0. The molecule has 0 fully saturated rings. The van der Waals surface area contributed by atoms with Gasteiger partial charge in [-0.05, 0) is 88.0 Å². The molecule has 13 nitrogen and oxygen atoms in total. The van der Waals surface area contributed by atoms with Gasteiger partial charge in [0, 0.05) is 107 Å². The number of hydrogen-bond acceptors (Lipinski definition) is 15. The predicted molar refractivity (Wildman–Crippen MR) is 452 cm³/mol. The molecule has 20 aromatic rings. The smallest absolute Gasteiger partial charge is 0.165 e. The van der Waals surface area contributed by atoms with Crippen molar-refractivity contribution in [1.29, 1.82) is 5.26 Å². The summed E-state index contributed by atoms with van der Waals surface area (Å²) in [7, 11) is 0. The molecule has 0 aliphatic carbocycles. The van der Waals surface area contributed by atoms with E-state index in [-0.39, 0.29) is 0 Å². The van der Waals surface area contributed by atoms with Gasteiger partial charge in [-0.25, -0.2) is 59.8 Å². The number of rotatable bonds is 15. The Balaban J connectivity index is 0.591. The monoisotopic (exact) mass is 1470 g/mol. The Kier molecular flexibility index (Phi) is 17.0. The first-order chi connectivity index (χ1) is 55.4. The van der Waals surface area contributed by atoms with Gasteiger partial charge < -0.3 is 0 Å². The van der Waals surface area contributed by atoms with Crippen molar-refractivity contribution in [1.82, 2.24) is 59.8 Å².